The Hall–Kier alpha value is -1.04. The van der Waals surface area contributed by atoms with Gasteiger partial charge in [0.25, 0.3) is 0 Å². The fourth-order valence-electron chi connectivity index (χ4n) is 4.35. The molecular formula is C24H38. The summed E-state index contributed by atoms with van der Waals surface area (Å²) in [5, 5.41) is 0. The fourth-order valence-corrected chi connectivity index (χ4v) is 4.35. The normalized spacial score (nSPS) is 19.9. The molecule has 0 atom stereocenters. The Balaban J connectivity index is 2.64. The van der Waals surface area contributed by atoms with Crippen molar-refractivity contribution in [2.24, 2.45) is 21.7 Å². The van der Waals surface area contributed by atoms with Gasteiger partial charge in [0.1, 0.15) is 0 Å². The van der Waals surface area contributed by atoms with Gasteiger partial charge in [0.05, 0.1) is 0 Å². The van der Waals surface area contributed by atoms with E-state index in [1.54, 1.807) is 22.3 Å². The van der Waals surface area contributed by atoms with Crippen LogP contribution in [0.1, 0.15) is 82.1 Å². The third-order valence-corrected chi connectivity index (χ3v) is 6.06. The molecule has 2 rings (SSSR count). The van der Waals surface area contributed by atoms with Gasteiger partial charge in [-0.1, -0.05) is 93.5 Å². The van der Waals surface area contributed by atoms with Crippen LogP contribution in [0.15, 0.2) is 46.6 Å². The van der Waals surface area contributed by atoms with Crippen molar-refractivity contribution in [3.63, 3.8) is 0 Å². The van der Waals surface area contributed by atoms with Crippen molar-refractivity contribution in [1.82, 2.24) is 0 Å². The smallest absolute Gasteiger partial charge is 0.0222 e. The molecule has 0 aromatic carbocycles. The van der Waals surface area contributed by atoms with Crippen LogP contribution in [0.5, 0.6) is 0 Å². The van der Waals surface area contributed by atoms with Gasteiger partial charge in [-0.05, 0) is 51.4 Å². The van der Waals surface area contributed by atoms with Gasteiger partial charge in [0.15, 0.2) is 0 Å². The van der Waals surface area contributed by atoms with Crippen LogP contribution in [0.25, 0.3) is 0 Å². The highest BCUT2D eigenvalue weighted by molar-refractivity contribution is 5.57. The Morgan fingerprint density at radius 1 is 0.500 bits per heavy atom. The molecule has 0 nitrogen and oxygen atoms in total. The summed E-state index contributed by atoms with van der Waals surface area (Å²) in [6.07, 6.45) is 12.0. The van der Waals surface area contributed by atoms with Gasteiger partial charge in [-0.15, -0.1) is 0 Å². The highest BCUT2D eigenvalue weighted by Gasteiger charge is 2.49. The highest BCUT2D eigenvalue weighted by atomic mass is 14.5. The van der Waals surface area contributed by atoms with Gasteiger partial charge >= 0.3 is 0 Å². The van der Waals surface area contributed by atoms with Crippen LogP contribution in [-0.4, -0.2) is 0 Å². The van der Waals surface area contributed by atoms with Crippen LogP contribution >= 0.6 is 0 Å². The zero-order chi connectivity index (χ0) is 18.6. The van der Waals surface area contributed by atoms with Crippen molar-refractivity contribution in [1.29, 1.82) is 0 Å². The minimum atomic E-state index is 0.0399. The van der Waals surface area contributed by atoms with Crippen molar-refractivity contribution < 1.29 is 0 Å². The minimum absolute atomic E-state index is 0.0399. The summed E-state index contributed by atoms with van der Waals surface area (Å²) in [5.74, 6) is 0. The van der Waals surface area contributed by atoms with Gasteiger partial charge in [0.2, 0.25) is 0 Å². The summed E-state index contributed by atoms with van der Waals surface area (Å²) in [6, 6.07) is 0. The predicted molar refractivity (Wildman–Crippen MR) is 108 cm³/mol. The van der Waals surface area contributed by atoms with Gasteiger partial charge in [-0.3, -0.25) is 0 Å². The summed E-state index contributed by atoms with van der Waals surface area (Å²) in [6.45, 7) is 23.8. The van der Waals surface area contributed by atoms with Crippen molar-refractivity contribution >= 4 is 0 Å². The molecule has 0 amide bonds. The molecule has 134 valence electrons. The first-order chi connectivity index (χ1) is 10.7. The van der Waals surface area contributed by atoms with E-state index in [1.165, 1.54) is 0 Å². The van der Waals surface area contributed by atoms with Crippen LogP contribution < -0.4 is 0 Å². The molecule has 0 spiro atoms. The monoisotopic (exact) mass is 326 g/mol. The van der Waals surface area contributed by atoms with E-state index in [0.29, 0.717) is 0 Å². The third-order valence-electron chi connectivity index (χ3n) is 6.06. The first-order valence-corrected chi connectivity index (χ1v) is 9.54. The summed E-state index contributed by atoms with van der Waals surface area (Å²) in [4.78, 5) is 0. The molecule has 0 saturated carbocycles. The summed E-state index contributed by atoms with van der Waals surface area (Å²) in [5.41, 5.74) is 6.80. The lowest BCUT2D eigenvalue weighted by Gasteiger charge is -2.49. The summed E-state index contributed by atoms with van der Waals surface area (Å²) in [7, 11) is 0. The second-order valence-corrected chi connectivity index (χ2v) is 10.8. The average molecular weight is 327 g/mol. The molecule has 0 saturated heterocycles. The van der Waals surface area contributed by atoms with E-state index in [2.05, 4.69) is 93.5 Å². The lowest BCUT2D eigenvalue weighted by molar-refractivity contribution is 0.195. The standard InChI is InChI=1S/C24H38/c1-21(2,3)17-13-11-15-19(17)24(10,23(7,8)9)20-16-12-14-18(20)22(4,5)6/h13-16H,11-12H2,1-10H3. The van der Waals surface area contributed by atoms with Gasteiger partial charge in [-0.2, -0.15) is 0 Å². The second-order valence-electron chi connectivity index (χ2n) is 10.8. The molecular weight excluding hydrogens is 288 g/mol. The molecule has 0 radical (unpaired) electrons. The van der Waals surface area contributed by atoms with Gasteiger partial charge in [0, 0.05) is 5.41 Å². The molecule has 2 aliphatic carbocycles. The van der Waals surface area contributed by atoms with Crippen molar-refractivity contribution in [3.8, 4) is 0 Å². The molecule has 0 aliphatic heterocycles. The number of allylic oxidation sites excluding steroid dienone is 8. The van der Waals surface area contributed by atoms with Crippen LogP contribution in [0, 0.1) is 21.7 Å². The van der Waals surface area contributed by atoms with E-state index in [0.717, 1.165) is 12.8 Å². The van der Waals surface area contributed by atoms with Gasteiger partial charge < -0.3 is 0 Å². The molecule has 0 bridgehead atoms. The molecule has 0 heteroatoms. The maximum Gasteiger partial charge on any atom is 0.0222 e. The second kappa shape index (κ2) is 5.75. The van der Waals surface area contributed by atoms with Gasteiger partial charge in [-0.25, -0.2) is 0 Å². The topological polar surface area (TPSA) is 0 Å². The predicted octanol–water partition coefficient (Wildman–Crippen LogP) is 7.64. The first kappa shape index (κ1) is 19.3. The number of rotatable bonds is 2. The average Bonchev–Trinajstić information content (AvgIpc) is 3.04. The minimum Gasteiger partial charge on any atom is -0.0767 e. The Morgan fingerprint density at radius 2 is 0.792 bits per heavy atom. The first-order valence-electron chi connectivity index (χ1n) is 9.54. The number of hydrogen-bond acceptors (Lipinski definition) is 0. The Morgan fingerprint density at radius 3 is 1.04 bits per heavy atom. The molecule has 0 unspecified atom stereocenters. The zero-order valence-corrected chi connectivity index (χ0v) is 17.7. The van der Waals surface area contributed by atoms with E-state index in [4.69, 9.17) is 0 Å². The molecule has 2 aliphatic rings. The zero-order valence-electron chi connectivity index (χ0n) is 17.7. The Bertz CT molecular complexity index is 577. The lowest BCUT2D eigenvalue weighted by atomic mass is 9.54. The van der Waals surface area contributed by atoms with Crippen LogP contribution in [0.2, 0.25) is 0 Å². The maximum atomic E-state index is 2.49. The molecule has 24 heavy (non-hydrogen) atoms. The number of hydrogen-bond donors (Lipinski definition) is 0. The summed E-state index contributed by atoms with van der Waals surface area (Å²) >= 11 is 0. The van der Waals surface area contributed by atoms with E-state index in [1.807, 2.05) is 0 Å². The Kier molecular flexibility index (Phi) is 4.62. The maximum absolute atomic E-state index is 2.49. The molecule has 0 fully saturated rings. The van der Waals surface area contributed by atoms with E-state index in [-0.39, 0.29) is 21.7 Å². The van der Waals surface area contributed by atoms with E-state index < -0.39 is 0 Å². The fraction of sp³-hybridized carbons (Fsp3) is 0.667. The SMILES string of the molecule is CC(C)(C)C1=CCC=C1C(C)(C1=CCC=C1C(C)(C)C)C(C)(C)C. The van der Waals surface area contributed by atoms with Crippen molar-refractivity contribution in [2.45, 2.75) is 82.1 Å². The molecule has 0 aromatic rings. The van der Waals surface area contributed by atoms with Crippen LogP contribution in [0.4, 0.5) is 0 Å². The lowest BCUT2D eigenvalue weighted by Crippen LogP contribution is -2.39. The third kappa shape index (κ3) is 3.09. The largest absolute Gasteiger partial charge is 0.0767 e. The van der Waals surface area contributed by atoms with Crippen molar-refractivity contribution in [2.75, 3.05) is 0 Å². The Labute approximate surface area is 150 Å². The molecule has 0 aromatic heterocycles. The summed E-state index contributed by atoms with van der Waals surface area (Å²) < 4.78 is 0. The molecule has 0 heterocycles. The van der Waals surface area contributed by atoms with Crippen molar-refractivity contribution in [3.05, 3.63) is 46.6 Å². The van der Waals surface area contributed by atoms with Crippen LogP contribution in [-0.2, 0) is 0 Å². The van der Waals surface area contributed by atoms with Crippen LogP contribution in [0.3, 0.4) is 0 Å². The van der Waals surface area contributed by atoms with E-state index in [9.17, 15) is 0 Å². The highest BCUT2D eigenvalue weighted by Crippen LogP contribution is 2.60. The van der Waals surface area contributed by atoms with E-state index >= 15 is 0 Å². The molecule has 0 N–H and O–H groups in total. The quantitative estimate of drug-likeness (QED) is 0.489.